The quantitative estimate of drug-likeness (QED) is 0.321. The minimum absolute atomic E-state index is 0.454. The maximum absolute atomic E-state index is 13.7. The van der Waals surface area contributed by atoms with Gasteiger partial charge in [-0.25, -0.2) is 30.7 Å². The molecule has 0 fully saturated rings. The molecular weight excluding hydrogens is 296 g/mol. The van der Waals surface area contributed by atoms with Crippen LogP contribution in [0.3, 0.4) is 0 Å². The van der Waals surface area contributed by atoms with Crippen LogP contribution in [0.1, 0.15) is 5.56 Å². The van der Waals surface area contributed by atoms with Crippen molar-refractivity contribution in [1.29, 1.82) is 0 Å². The zero-order chi connectivity index (χ0) is 14.5. The van der Waals surface area contributed by atoms with E-state index >= 15 is 0 Å². The second-order valence-corrected chi connectivity index (χ2v) is 4.04. The second kappa shape index (κ2) is 4.63. The molecular formula is C11H4F7P. The van der Waals surface area contributed by atoms with Crippen molar-refractivity contribution >= 4 is 20.0 Å². The summed E-state index contributed by atoms with van der Waals surface area (Å²) in [7, 11) is 1.85. The molecule has 8 heteroatoms. The summed E-state index contributed by atoms with van der Waals surface area (Å²) in [4.78, 5) is 0. The van der Waals surface area contributed by atoms with Gasteiger partial charge in [-0.2, -0.15) is 0 Å². The molecule has 0 aromatic heterocycles. The summed E-state index contributed by atoms with van der Waals surface area (Å²) < 4.78 is 93.4. The van der Waals surface area contributed by atoms with Crippen molar-refractivity contribution in [2.75, 3.05) is 0 Å². The fourth-order valence-electron chi connectivity index (χ4n) is 1.71. The molecule has 19 heavy (non-hydrogen) atoms. The molecule has 0 aliphatic carbocycles. The molecule has 0 saturated heterocycles. The fraction of sp³-hybridized carbons (Fsp3) is 0.0909. The summed E-state index contributed by atoms with van der Waals surface area (Å²) in [6.45, 7) is 0. The fourth-order valence-corrected chi connectivity index (χ4v) is 2.07. The van der Waals surface area contributed by atoms with Gasteiger partial charge in [-0.05, 0) is 6.16 Å². The molecule has 0 radical (unpaired) electrons. The van der Waals surface area contributed by atoms with Gasteiger partial charge in [0.15, 0.2) is 34.9 Å². The van der Waals surface area contributed by atoms with Crippen molar-refractivity contribution in [1.82, 2.24) is 0 Å². The summed E-state index contributed by atoms with van der Waals surface area (Å²) >= 11 is 0. The van der Waals surface area contributed by atoms with E-state index in [9.17, 15) is 30.7 Å². The van der Waals surface area contributed by atoms with Crippen LogP contribution in [-0.2, 0) is 6.16 Å². The molecule has 0 amide bonds. The number of hydrogen-bond donors (Lipinski definition) is 0. The molecule has 0 bridgehead atoms. The van der Waals surface area contributed by atoms with E-state index in [4.69, 9.17) is 0 Å². The highest BCUT2D eigenvalue weighted by Gasteiger charge is 2.29. The van der Waals surface area contributed by atoms with Crippen molar-refractivity contribution in [3.05, 3.63) is 46.3 Å². The normalized spacial score (nSPS) is 11.4. The average Bonchev–Trinajstić information content (AvgIpc) is 2.38. The van der Waals surface area contributed by atoms with E-state index in [-0.39, 0.29) is 0 Å². The molecule has 0 saturated carbocycles. The second-order valence-electron chi connectivity index (χ2n) is 3.63. The van der Waals surface area contributed by atoms with E-state index in [0.29, 0.717) is 0 Å². The van der Waals surface area contributed by atoms with Crippen molar-refractivity contribution in [2.24, 2.45) is 0 Å². The lowest BCUT2D eigenvalue weighted by atomic mass is 10.0. The molecule has 0 spiro atoms. The van der Waals surface area contributed by atoms with E-state index in [1.54, 1.807) is 0 Å². The zero-order valence-corrected chi connectivity index (χ0v) is 10.1. The first-order chi connectivity index (χ1) is 8.82. The first-order valence-corrected chi connectivity index (χ1v) is 5.65. The number of benzene rings is 2. The van der Waals surface area contributed by atoms with Gasteiger partial charge in [-0.15, -0.1) is 9.24 Å². The maximum atomic E-state index is 13.7. The van der Waals surface area contributed by atoms with Crippen LogP contribution >= 0.6 is 9.24 Å². The van der Waals surface area contributed by atoms with Gasteiger partial charge in [-0.1, -0.05) is 0 Å². The standard InChI is InChI=1S/C11H4F7P/c12-5-2(1-19)6(13)7(14)4-3(5)8(15)10(17)11(18)9(4)16/h1,19H2. The monoisotopic (exact) mass is 300 g/mol. The van der Waals surface area contributed by atoms with Crippen molar-refractivity contribution in [2.45, 2.75) is 6.16 Å². The lowest BCUT2D eigenvalue weighted by Crippen LogP contribution is -2.06. The van der Waals surface area contributed by atoms with Crippen molar-refractivity contribution in [3.63, 3.8) is 0 Å². The molecule has 2 aromatic rings. The third-order valence-corrected chi connectivity index (χ3v) is 3.04. The van der Waals surface area contributed by atoms with Crippen LogP contribution in [0.2, 0.25) is 0 Å². The van der Waals surface area contributed by atoms with E-state index in [1.165, 1.54) is 0 Å². The Morgan fingerprint density at radius 1 is 0.526 bits per heavy atom. The Balaban J connectivity index is 3.18. The van der Waals surface area contributed by atoms with Crippen molar-refractivity contribution < 1.29 is 30.7 Å². The molecule has 2 rings (SSSR count). The smallest absolute Gasteiger partial charge is 0.198 e. The molecule has 1 atom stereocenters. The highest BCUT2D eigenvalue weighted by atomic mass is 31.0. The summed E-state index contributed by atoms with van der Waals surface area (Å²) in [5, 5.41) is -3.04. The lowest BCUT2D eigenvalue weighted by molar-refractivity contribution is 0.411. The predicted octanol–water partition coefficient (Wildman–Crippen LogP) is 4.19. The highest BCUT2D eigenvalue weighted by Crippen LogP contribution is 2.34. The Hall–Kier alpha value is -1.36. The average molecular weight is 300 g/mol. The van der Waals surface area contributed by atoms with Gasteiger partial charge in [0.25, 0.3) is 0 Å². The van der Waals surface area contributed by atoms with E-state index < -0.39 is 63.2 Å². The van der Waals surface area contributed by atoms with E-state index in [1.807, 2.05) is 9.24 Å². The zero-order valence-electron chi connectivity index (χ0n) is 8.93. The highest BCUT2D eigenvalue weighted by molar-refractivity contribution is 7.15. The van der Waals surface area contributed by atoms with E-state index in [2.05, 4.69) is 0 Å². The molecule has 2 aromatic carbocycles. The third-order valence-electron chi connectivity index (χ3n) is 2.63. The van der Waals surface area contributed by atoms with Crippen LogP contribution < -0.4 is 0 Å². The predicted molar refractivity (Wildman–Crippen MR) is 57.1 cm³/mol. The summed E-state index contributed by atoms with van der Waals surface area (Å²) in [6, 6.07) is 0. The Kier molecular flexibility index (Phi) is 3.43. The summed E-state index contributed by atoms with van der Waals surface area (Å²) in [5.74, 6) is -14.3. The van der Waals surface area contributed by atoms with Gasteiger partial charge < -0.3 is 0 Å². The maximum Gasteiger partial charge on any atom is 0.198 e. The van der Waals surface area contributed by atoms with Crippen LogP contribution in [0.5, 0.6) is 0 Å². The first kappa shape index (κ1) is 14.1. The van der Waals surface area contributed by atoms with Crippen LogP contribution in [0.25, 0.3) is 10.8 Å². The number of fused-ring (bicyclic) bond motifs is 1. The van der Waals surface area contributed by atoms with Crippen LogP contribution in [0, 0.1) is 40.7 Å². The Morgan fingerprint density at radius 2 is 0.895 bits per heavy atom. The molecule has 1 unspecified atom stereocenters. The molecule has 102 valence electrons. The molecule has 0 nitrogen and oxygen atoms in total. The molecule has 0 aliphatic rings. The number of hydrogen-bond acceptors (Lipinski definition) is 0. The van der Waals surface area contributed by atoms with Gasteiger partial charge >= 0.3 is 0 Å². The number of rotatable bonds is 1. The van der Waals surface area contributed by atoms with Gasteiger partial charge in [-0.3, -0.25) is 0 Å². The van der Waals surface area contributed by atoms with Gasteiger partial charge in [0.1, 0.15) is 5.82 Å². The Morgan fingerprint density at radius 3 is 1.32 bits per heavy atom. The topological polar surface area (TPSA) is 0 Å². The first-order valence-electron chi connectivity index (χ1n) is 4.83. The summed E-state index contributed by atoms with van der Waals surface area (Å²) in [6.07, 6.45) is -0.454. The van der Waals surface area contributed by atoms with Gasteiger partial charge in [0, 0.05) is 5.56 Å². The minimum Gasteiger partial charge on any atom is -0.206 e. The van der Waals surface area contributed by atoms with E-state index in [0.717, 1.165) is 0 Å². The van der Waals surface area contributed by atoms with Crippen LogP contribution in [0.15, 0.2) is 0 Å². The minimum atomic E-state index is -2.33. The largest absolute Gasteiger partial charge is 0.206 e. The lowest BCUT2D eigenvalue weighted by Gasteiger charge is -2.11. The van der Waals surface area contributed by atoms with Crippen LogP contribution in [-0.4, -0.2) is 0 Å². The van der Waals surface area contributed by atoms with Crippen molar-refractivity contribution in [3.8, 4) is 0 Å². The third kappa shape index (κ3) is 1.79. The summed E-state index contributed by atoms with van der Waals surface area (Å²) in [5.41, 5.74) is -0.903. The molecule has 0 N–H and O–H groups in total. The SMILES string of the molecule is Fc1c(F)c(F)c2c(F)c(CP)c(F)c(F)c2c1F. The van der Waals surface area contributed by atoms with Crippen LogP contribution in [0.4, 0.5) is 30.7 Å². The van der Waals surface area contributed by atoms with Gasteiger partial charge in [0.05, 0.1) is 10.8 Å². The Labute approximate surface area is 104 Å². The number of halogens is 7. The van der Waals surface area contributed by atoms with Gasteiger partial charge in [0.2, 0.25) is 0 Å². The Bertz CT molecular complexity index is 696. The molecule has 0 aliphatic heterocycles. The molecule has 0 heterocycles.